The van der Waals surface area contributed by atoms with Crippen molar-refractivity contribution in [2.75, 3.05) is 7.11 Å². The zero-order valence-corrected chi connectivity index (χ0v) is 9.32. The van der Waals surface area contributed by atoms with Crippen molar-refractivity contribution < 1.29 is 9.53 Å². The number of benzene rings is 1. The predicted octanol–water partition coefficient (Wildman–Crippen LogP) is 0.803. The second-order valence-corrected chi connectivity index (χ2v) is 4.15. The molecule has 0 radical (unpaired) electrons. The van der Waals surface area contributed by atoms with Gasteiger partial charge in [-0.25, -0.2) is 0 Å². The summed E-state index contributed by atoms with van der Waals surface area (Å²) in [7, 11) is 1.64. The highest BCUT2D eigenvalue weighted by atomic mass is 16.5. The first-order valence-corrected chi connectivity index (χ1v) is 5.34. The number of amides is 1. The molecule has 1 fully saturated rings. The van der Waals surface area contributed by atoms with Gasteiger partial charge in [0, 0.05) is 6.54 Å². The summed E-state index contributed by atoms with van der Waals surface area (Å²) in [5.74, 6) is 0.568. The molecular weight excluding hydrogens is 204 g/mol. The standard InChI is InChI=1S/C12H16N2O2/c1-16-10-4-2-3-9(7-10)8-14-12(5-6-12)11(13)15/h2-4,7,14H,5-6,8H2,1H3,(H2,13,15). The minimum atomic E-state index is -0.455. The molecule has 0 heterocycles. The van der Waals surface area contributed by atoms with E-state index in [9.17, 15) is 4.79 Å². The molecule has 1 aliphatic rings. The highest BCUT2D eigenvalue weighted by Gasteiger charge is 2.47. The van der Waals surface area contributed by atoms with Crippen LogP contribution in [0.5, 0.6) is 5.75 Å². The normalized spacial score (nSPS) is 16.8. The van der Waals surface area contributed by atoms with E-state index in [-0.39, 0.29) is 5.91 Å². The molecule has 0 aliphatic heterocycles. The number of carbonyl (C=O) groups excluding carboxylic acids is 1. The van der Waals surface area contributed by atoms with Crippen molar-refractivity contribution in [1.29, 1.82) is 0 Å². The van der Waals surface area contributed by atoms with Gasteiger partial charge in [0.25, 0.3) is 0 Å². The average Bonchev–Trinajstić information content (AvgIpc) is 3.08. The summed E-state index contributed by atoms with van der Waals surface area (Å²) < 4.78 is 5.13. The van der Waals surface area contributed by atoms with Crippen LogP contribution >= 0.6 is 0 Å². The number of methoxy groups -OCH3 is 1. The van der Waals surface area contributed by atoms with Crippen LogP contribution in [0.3, 0.4) is 0 Å². The topological polar surface area (TPSA) is 64.3 Å². The average molecular weight is 220 g/mol. The van der Waals surface area contributed by atoms with Gasteiger partial charge >= 0.3 is 0 Å². The number of nitrogens with one attached hydrogen (secondary N) is 1. The van der Waals surface area contributed by atoms with Crippen LogP contribution in [-0.2, 0) is 11.3 Å². The first-order chi connectivity index (χ1) is 7.66. The Morgan fingerprint density at radius 3 is 2.88 bits per heavy atom. The van der Waals surface area contributed by atoms with Crippen molar-refractivity contribution in [1.82, 2.24) is 5.32 Å². The molecule has 1 amide bonds. The fourth-order valence-electron chi connectivity index (χ4n) is 1.69. The van der Waals surface area contributed by atoms with Gasteiger partial charge in [0.1, 0.15) is 5.75 Å². The van der Waals surface area contributed by atoms with Crippen molar-refractivity contribution in [3.63, 3.8) is 0 Å². The number of rotatable bonds is 5. The number of carbonyl (C=O) groups is 1. The van der Waals surface area contributed by atoms with Gasteiger partial charge < -0.3 is 10.5 Å². The molecule has 4 heteroatoms. The fourth-order valence-corrected chi connectivity index (χ4v) is 1.69. The van der Waals surface area contributed by atoms with Crippen LogP contribution in [0.25, 0.3) is 0 Å². The smallest absolute Gasteiger partial charge is 0.237 e. The van der Waals surface area contributed by atoms with Crippen LogP contribution in [0, 0.1) is 0 Å². The Labute approximate surface area is 94.8 Å². The van der Waals surface area contributed by atoms with Crippen molar-refractivity contribution >= 4 is 5.91 Å². The summed E-state index contributed by atoms with van der Waals surface area (Å²) in [5, 5.41) is 3.21. The Balaban J connectivity index is 1.97. The van der Waals surface area contributed by atoms with E-state index in [1.165, 1.54) is 0 Å². The third kappa shape index (κ3) is 2.17. The Kier molecular flexibility index (Phi) is 2.83. The van der Waals surface area contributed by atoms with Crippen molar-refractivity contribution in [2.24, 2.45) is 5.73 Å². The predicted molar refractivity (Wildman–Crippen MR) is 61.0 cm³/mol. The van der Waals surface area contributed by atoms with Gasteiger partial charge in [0.15, 0.2) is 0 Å². The summed E-state index contributed by atoms with van der Waals surface area (Å²) in [6, 6.07) is 7.76. The zero-order chi connectivity index (χ0) is 11.6. The quantitative estimate of drug-likeness (QED) is 0.771. The maximum atomic E-state index is 11.2. The highest BCUT2D eigenvalue weighted by Crippen LogP contribution is 2.35. The minimum absolute atomic E-state index is 0.254. The Bertz CT molecular complexity index is 400. The molecule has 0 unspecified atom stereocenters. The summed E-state index contributed by atoms with van der Waals surface area (Å²) >= 11 is 0. The lowest BCUT2D eigenvalue weighted by atomic mass is 10.2. The van der Waals surface area contributed by atoms with Gasteiger partial charge in [-0.1, -0.05) is 12.1 Å². The molecule has 86 valence electrons. The van der Waals surface area contributed by atoms with Gasteiger partial charge in [-0.2, -0.15) is 0 Å². The second-order valence-electron chi connectivity index (χ2n) is 4.15. The summed E-state index contributed by atoms with van der Waals surface area (Å²) in [5.41, 5.74) is 5.96. The van der Waals surface area contributed by atoms with E-state index in [1.54, 1.807) is 7.11 Å². The van der Waals surface area contributed by atoms with E-state index < -0.39 is 5.54 Å². The fraction of sp³-hybridized carbons (Fsp3) is 0.417. The third-order valence-electron chi connectivity index (χ3n) is 2.99. The monoisotopic (exact) mass is 220 g/mol. The molecule has 16 heavy (non-hydrogen) atoms. The van der Waals surface area contributed by atoms with Crippen molar-refractivity contribution in [3.8, 4) is 5.75 Å². The van der Waals surface area contributed by atoms with E-state index in [1.807, 2.05) is 24.3 Å². The van der Waals surface area contributed by atoms with Gasteiger partial charge in [-0.05, 0) is 30.5 Å². The summed E-state index contributed by atoms with van der Waals surface area (Å²) in [4.78, 5) is 11.2. The number of ether oxygens (including phenoxy) is 1. The molecule has 1 aromatic carbocycles. The van der Waals surface area contributed by atoms with E-state index in [2.05, 4.69) is 5.32 Å². The van der Waals surface area contributed by atoms with Crippen molar-refractivity contribution in [3.05, 3.63) is 29.8 Å². The molecule has 4 nitrogen and oxygen atoms in total. The van der Waals surface area contributed by atoms with Gasteiger partial charge in [0.2, 0.25) is 5.91 Å². The second kappa shape index (κ2) is 4.14. The summed E-state index contributed by atoms with van der Waals surface area (Å²) in [6.07, 6.45) is 1.68. The summed E-state index contributed by atoms with van der Waals surface area (Å²) in [6.45, 7) is 0.639. The van der Waals surface area contributed by atoms with Gasteiger partial charge in [-0.15, -0.1) is 0 Å². The Morgan fingerprint density at radius 1 is 1.56 bits per heavy atom. The molecule has 2 rings (SSSR count). The molecule has 1 aliphatic carbocycles. The molecule has 0 spiro atoms. The maximum Gasteiger partial charge on any atom is 0.237 e. The van der Waals surface area contributed by atoms with Crippen molar-refractivity contribution in [2.45, 2.75) is 24.9 Å². The lowest BCUT2D eigenvalue weighted by molar-refractivity contribution is -0.121. The molecule has 0 bridgehead atoms. The molecule has 0 aromatic heterocycles. The van der Waals surface area contributed by atoms with Crippen LogP contribution < -0.4 is 15.8 Å². The minimum Gasteiger partial charge on any atom is -0.497 e. The maximum absolute atomic E-state index is 11.2. The van der Waals surface area contributed by atoms with Crippen LogP contribution in [0.1, 0.15) is 18.4 Å². The van der Waals surface area contributed by atoms with E-state index in [0.717, 1.165) is 24.2 Å². The molecule has 1 saturated carbocycles. The Hall–Kier alpha value is -1.55. The van der Waals surface area contributed by atoms with Crippen LogP contribution in [0.4, 0.5) is 0 Å². The third-order valence-corrected chi connectivity index (χ3v) is 2.99. The first-order valence-electron chi connectivity index (χ1n) is 5.34. The van der Waals surface area contributed by atoms with E-state index >= 15 is 0 Å². The molecule has 3 N–H and O–H groups in total. The van der Waals surface area contributed by atoms with Crippen LogP contribution in [0.15, 0.2) is 24.3 Å². The van der Waals surface area contributed by atoms with Gasteiger partial charge in [0.05, 0.1) is 12.6 Å². The molecule has 1 aromatic rings. The Morgan fingerprint density at radius 2 is 2.31 bits per heavy atom. The number of hydrogen-bond donors (Lipinski definition) is 2. The SMILES string of the molecule is COc1cccc(CNC2(C(N)=O)CC2)c1. The lowest BCUT2D eigenvalue weighted by Crippen LogP contribution is -2.43. The number of hydrogen-bond acceptors (Lipinski definition) is 3. The number of nitrogens with two attached hydrogens (primary N) is 1. The molecule has 0 saturated heterocycles. The lowest BCUT2D eigenvalue weighted by Gasteiger charge is -2.13. The van der Waals surface area contributed by atoms with E-state index in [0.29, 0.717) is 6.54 Å². The zero-order valence-electron chi connectivity index (χ0n) is 9.32. The first kappa shape index (κ1) is 11.0. The highest BCUT2D eigenvalue weighted by molar-refractivity contribution is 5.87. The largest absolute Gasteiger partial charge is 0.497 e. The van der Waals surface area contributed by atoms with Gasteiger partial charge in [-0.3, -0.25) is 10.1 Å². The van der Waals surface area contributed by atoms with E-state index in [4.69, 9.17) is 10.5 Å². The number of primary amides is 1. The molecular formula is C12H16N2O2. The van der Waals surface area contributed by atoms with Crippen LogP contribution in [0.2, 0.25) is 0 Å². The van der Waals surface area contributed by atoms with Crippen LogP contribution in [-0.4, -0.2) is 18.6 Å². The molecule has 0 atom stereocenters.